The quantitative estimate of drug-likeness (QED) is 0.596. The van der Waals surface area contributed by atoms with Gasteiger partial charge in [-0.05, 0) is 32.1 Å². The minimum atomic E-state index is 0.460. The molecule has 2 heteroatoms. The Bertz CT molecular complexity index is 211. The Hall–Kier alpha value is -0.630. The summed E-state index contributed by atoms with van der Waals surface area (Å²) in [5, 5.41) is 0. The van der Waals surface area contributed by atoms with Crippen LogP contribution >= 0.6 is 0 Å². The molecule has 0 bridgehead atoms. The van der Waals surface area contributed by atoms with Gasteiger partial charge in [-0.1, -0.05) is 37.8 Å². The van der Waals surface area contributed by atoms with Gasteiger partial charge in [0, 0.05) is 19.4 Å². The Balaban J connectivity index is 2.17. The van der Waals surface area contributed by atoms with E-state index in [1.54, 1.807) is 0 Å². The maximum atomic E-state index is 11.6. The molecule has 0 aromatic heterocycles. The van der Waals surface area contributed by atoms with Crippen molar-refractivity contribution >= 4 is 5.78 Å². The lowest BCUT2D eigenvalue weighted by molar-refractivity contribution is -0.119. The van der Waals surface area contributed by atoms with E-state index in [4.69, 9.17) is 4.74 Å². The molecule has 0 radical (unpaired) electrons. The van der Waals surface area contributed by atoms with Gasteiger partial charge in [0.05, 0.1) is 6.61 Å². The fourth-order valence-corrected chi connectivity index (χ4v) is 2.28. The van der Waals surface area contributed by atoms with E-state index in [9.17, 15) is 4.79 Å². The summed E-state index contributed by atoms with van der Waals surface area (Å²) in [5.41, 5.74) is 0. The number of hydrogen-bond donors (Lipinski definition) is 0. The Morgan fingerprint density at radius 3 is 2.28 bits per heavy atom. The maximum Gasteiger partial charge on any atom is 0.132 e. The van der Waals surface area contributed by atoms with Crippen LogP contribution in [0.15, 0.2) is 12.2 Å². The van der Waals surface area contributed by atoms with Gasteiger partial charge in [0.15, 0.2) is 0 Å². The van der Waals surface area contributed by atoms with Crippen LogP contribution in [0, 0.1) is 0 Å². The summed E-state index contributed by atoms with van der Waals surface area (Å²) >= 11 is 0. The second-order valence-corrected chi connectivity index (χ2v) is 5.20. The first kappa shape index (κ1) is 15.4. The molecule has 0 saturated heterocycles. The van der Waals surface area contributed by atoms with E-state index in [2.05, 4.69) is 12.2 Å². The summed E-state index contributed by atoms with van der Waals surface area (Å²) in [6, 6.07) is 0. The topological polar surface area (TPSA) is 26.3 Å². The largest absolute Gasteiger partial charge is 0.377 e. The Morgan fingerprint density at radius 1 is 0.778 bits per heavy atom. The number of hydrogen-bond acceptors (Lipinski definition) is 2. The van der Waals surface area contributed by atoms with Crippen molar-refractivity contribution in [2.24, 2.45) is 0 Å². The number of allylic oxidation sites excluding steroid dienone is 1. The van der Waals surface area contributed by atoms with Crippen molar-refractivity contribution in [3.8, 4) is 0 Å². The molecule has 0 amide bonds. The van der Waals surface area contributed by atoms with Gasteiger partial charge in [-0.15, -0.1) is 0 Å². The van der Waals surface area contributed by atoms with Gasteiger partial charge in [0.1, 0.15) is 5.78 Å². The molecular formula is C16H28O2. The summed E-state index contributed by atoms with van der Waals surface area (Å²) in [6.07, 6.45) is 16.5. The molecule has 1 heterocycles. The lowest BCUT2D eigenvalue weighted by Crippen LogP contribution is -1.99. The molecule has 104 valence electrons. The lowest BCUT2D eigenvalue weighted by atomic mass is 10.0. The number of carbonyl (C=O) groups is 1. The summed E-state index contributed by atoms with van der Waals surface area (Å²) in [4.78, 5) is 11.6. The summed E-state index contributed by atoms with van der Waals surface area (Å²) < 4.78 is 5.51. The molecular weight excluding hydrogens is 224 g/mol. The highest BCUT2D eigenvalue weighted by Gasteiger charge is 2.02. The first-order valence-corrected chi connectivity index (χ1v) is 7.64. The molecule has 0 unspecified atom stereocenters. The van der Waals surface area contributed by atoms with Crippen LogP contribution in [0.5, 0.6) is 0 Å². The first-order chi connectivity index (χ1) is 8.89. The third kappa shape index (κ3) is 9.41. The number of ketones is 1. The zero-order valence-electron chi connectivity index (χ0n) is 11.7. The zero-order chi connectivity index (χ0) is 12.9. The fraction of sp³-hybridized carbons (Fsp3) is 0.812. The molecule has 1 aliphatic rings. The monoisotopic (exact) mass is 252 g/mol. The number of carbonyl (C=O) groups excluding carboxylic acids is 1. The smallest absolute Gasteiger partial charge is 0.132 e. The van der Waals surface area contributed by atoms with Crippen LogP contribution in [0.3, 0.4) is 0 Å². The summed E-state index contributed by atoms with van der Waals surface area (Å²) in [7, 11) is 0. The van der Waals surface area contributed by atoms with Crippen molar-refractivity contribution in [3.63, 3.8) is 0 Å². The van der Waals surface area contributed by atoms with Gasteiger partial charge in [0.2, 0.25) is 0 Å². The first-order valence-electron chi connectivity index (χ1n) is 7.64. The van der Waals surface area contributed by atoms with E-state index < -0.39 is 0 Å². The van der Waals surface area contributed by atoms with Crippen LogP contribution in [-0.4, -0.2) is 19.0 Å². The Kier molecular flexibility index (Phi) is 9.82. The highest BCUT2D eigenvalue weighted by atomic mass is 16.5. The van der Waals surface area contributed by atoms with Crippen LogP contribution < -0.4 is 0 Å². The van der Waals surface area contributed by atoms with Gasteiger partial charge >= 0.3 is 0 Å². The SMILES string of the molecule is O=C1CCCCCCC/C=C\COCCCCC1. The predicted octanol–water partition coefficient (Wildman–Crippen LogP) is 4.43. The summed E-state index contributed by atoms with van der Waals surface area (Å²) in [5.74, 6) is 0.460. The van der Waals surface area contributed by atoms with E-state index in [1.807, 2.05) is 0 Å². The van der Waals surface area contributed by atoms with Crippen LogP contribution in [0.4, 0.5) is 0 Å². The van der Waals surface area contributed by atoms with Crippen LogP contribution in [0.25, 0.3) is 0 Å². The van der Waals surface area contributed by atoms with E-state index in [1.165, 1.54) is 32.1 Å². The molecule has 0 aromatic carbocycles. The number of rotatable bonds is 0. The van der Waals surface area contributed by atoms with E-state index in [-0.39, 0.29) is 0 Å². The molecule has 0 atom stereocenters. The van der Waals surface area contributed by atoms with Gasteiger partial charge in [-0.2, -0.15) is 0 Å². The molecule has 18 heavy (non-hydrogen) atoms. The van der Waals surface area contributed by atoms with Crippen molar-refractivity contribution in [1.29, 1.82) is 0 Å². The van der Waals surface area contributed by atoms with Gasteiger partial charge in [0.25, 0.3) is 0 Å². The average molecular weight is 252 g/mol. The number of Topliss-reactive ketones (excluding diaryl/α,β-unsaturated/α-hetero) is 1. The number of ether oxygens (including phenoxy) is 1. The van der Waals surface area contributed by atoms with Crippen LogP contribution in [0.2, 0.25) is 0 Å². The molecule has 0 aliphatic carbocycles. The lowest BCUT2D eigenvalue weighted by Gasteiger charge is -2.02. The fourth-order valence-electron chi connectivity index (χ4n) is 2.28. The Labute approximate surface area is 112 Å². The molecule has 0 N–H and O–H groups in total. The highest BCUT2D eigenvalue weighted by Crippen LogP contribution is 2.10. The van der Waals surface area contributed by atoms with Crippen molar-refractivity contribution < 1.29 is 9.53 Å². The minimum Gasteiger partial charge on any atom is -0.377 e. The second kappa shape index (κ2) is 11.5. The summed E-state index contributed by atoms with van der Waals surface area (Å²) in [6.45, 7) is 1.58. The van der Waals surface area contributed by atoms with Gasteiger partial charge < -0.3 is 4.74 Å². The van der Waals surface area contributed by atoms with Gasteiger partial charge in [-0.25, -0.2) is 0 Å². The van der Waals surface area contributed by atoms with Crippen molar-refractivity contribution in [2.45, 2.75) is 70.6 Å². The second-order valence-electron chi connectivity index (χ2n) is 5.20. The normalized spacial score (nSPS) is 24.3. The molecule has 0 fully saturated rings. The highest BCUT2D eigenvalue weighted by molar-refractivity contribution is 5.78. The van der Waals surface area contributed by atoms with Crippen LogP contribution in [0.1, 0.15) is 70.6 Å². The minimum absolute atomic E-state index is 0.460. The molecule has 2 nitrogen and oxygen atoms in total. The third-order valence-electron chi connectivity index (χ3n) is 3.45. The predicted molar refractivity (Wildman–Crippen MR) is 75.8 cm³/mol. The van der Waals surface area contributed by atoms with Gasteiger partial charge in [-0.3, -0.25) is 4.79 Å². The van der Waals surface area contributed by atoms with Crippen molar-refractivity contribution in [1.82, 2.24) is 0 Å². The zero-order valence-corrected chi connectivity index (χ0v) is 11.7. The van der Waals surface area contributed by atoms with Crippen molar-refractivity contribution in [3.05, 3.63) is 12.2 Å². The molecule has 1 aliphatic heterocycles. The van der Waals surface area contributed by atoms with E-state index in [0.29, 0.717) is 5.78 Å². The van der Waals surface area contributed by atoms with Crippen molar-refractivity contribution in [2.75, 3.05) is 13.2 Å². The van der Waals surface area contributed by atoms with E-state index in [0.717, 1.165) is 51.7 Å². The van der Waals surface area contributed by atoms with Crippen LogP contribution in [-0.2, 0) is 9.53 Å². The average Bonchev–Trinajstić information content (AvgIpc) is 2.37. The molecule has 0 spiro atoms. The standard InChI is InChI=1S/C16H28O2/c17-16-12-8-5-3-1-2-4-6-10-14-18-15-11-7-9-13-16/h6,10H,1-5,7-9,11-15H2/b10-6-. The maximum absolute atomic E-state index is 11.6. The molecule has 0 saturated carbocycles. The molecule has 0 aromatic rings. The third-order valence-corrected chi connectivity index (χ3v) is 3.45. The Morgan fingerprint density at radius 2 is 1.44 bits per heavy atom. The molecule has 1 rings (SSSR count). The van der Waals surface area contributed by atoms with E-state index >= 15 is 0 Å².